The molecule has 1 aromatic heterocycles. The van der Waals surface area contributed by atoms with E-state index in [0.717, 1.165) is 17.1 Å². The van der Waals surface area contributed by atoms with Crippen LogP contribution < -0.4 is 11.2 Å². The number of H-pyrrole nitrogens is 1. The Balaban J connectivity index is 2.25. The van der Waals surface area contributed by atoms with E-state index in [1.165, 1.54) is 6.20 Å². The van der Waals surface area contributed by atoms with E-state index in [1.54, 1.807) is 0 Å². The SMILES string of the molecule is CCCOC1C(O)[C@@H](n2ccc(=O)[nH]c2=O)O[C@H]1CO. The Labute approximate surface area is 114 Å². The topological polar surface area (TPSA) is 114 Å². The summed E-state index contributed by atoms with van der Waals surface area (Å²) in [5.41, 5.74) is -1.22. The normalized spacial score (nSPS) is 29.8. The molecule has 0 aliphatic carbocycles. The number of nitrogens with one attached hydrogen (secondary N) is 1. The van der Waals surface area contributed by atoms with Gasteiger partial charge in [-0.05, 0) is 6.42 Å². The fourth-order valence-corrected chi connectivity index (χ4v) is 2.18. The Morgan fingerprint density at radius 1 is 1.50 bits per heavy atom. The van der Waals surface area contributed by atoms with Gasteiger partial charge in [0.05, 0.1) is 6.61 Å². The number of rotatable bonds is 5. The van der Waals surface area contributed by atoms with Crippen molar-refractivity contribution in [2.45, 2.75) is 37.9 Å². The molecule has 4 atom stereocenters. The highest BCUT2D eigenvalue weighted by Crippen LogP contribution is 2.30. The molecule has 112 valence electrons. The lowest BCUT2D eigenvalue weighted by atomic mass is 10.1. The Morgan fingerprint density at radius 3 is 2.85 bits per heavy atom. The number of nitrogens with zero attached hydrogens (tertiary/aromatic N) is 1. The minimum absolute atomic E-state index is 0.333. The number of aromatic nitrogens is 2. The number of aromatic amines is 1. The van der Waals surface area contributed by atoms with Gasteiger partial charge in [0.1, 0.15) is 18.3 Å². The van der Waals surface area contributed by atoms with E-state index in [-0.39, 0.29) is 6.61 Å². The van der Waals surface area contributed by atoms with Gasteiger partial charge in [-0.3, -0.25) is 14.3 Å². The average Bonchev–Trinajstić information content (AvgIpc) is 2.73. The zero-order valence-electron chi connectivity index (χ0n) is 11.1. The molecule has 8 heteroatoms. The van der Waals surface area contributed by atoms with Gasteiger partial charge < -0.3 is 19.7 Å². The second-order valence-corrected chi connectivity index (χ2v) is 4.59. The van der Waals surface area contributed by atoms with Gasteiger partial charge in [-0.2, -0.15) is 0 Å². The van der Waals surface area contributed by atoms with Crippen molar-refractivity contribution in [2.24, 2.45) is 0 Å². The van der Waals surface area contributed by atoms with Gasteiger partial charge in [0, 0.05) is 18.9 Å². The zero-order chi connectivity index (χ0) is 14.7. The van der Waals surface area contributed by atoms with Crippen LogP contribution in [0.2, 0.25) is 0 Å². The monoisotopic (exact) mass is 286 g/mol. The van der Waals surface area contributed by atoms with E-state index >= 15 is 0 Å². The van der Waals surface area contributed by atoms with Crippen LogP contribution in [-0.2, 0) is 9.47 Å². The van der Waals surface area contributed by atoms with E-state index < -0.39 is 35.8 Å². The first-order chi connectivity index (χ1) is 9.58. The molecule has 0 radical (unpaired) electrons. The highest BCUT2D eigenvalue weighted by Gasteiger charge is 2.45. The van der Waals surface area contributed by atoms with Crippen LogP contribution >= 0.6 is 0 Å². The molecule has 3 N–H and O–H groups in total. The summed E-state index contributed by atoms with van der Waals surface area (Å²) >= 11 is 0. The van der Waals surface area contributed by atoms with Crippen molar-refractivity contribution >= 4 is 0 Å². The summed E-state index contributed by atoms with van der Waals surface area (Å²) in [5.74, 6) is 0. The molecule has 1 fully saturated rings. The first kappa shape index (κ1) is 14.9. The van der Waals surface area contributed by atoms with Gasteiger partial charge in [-0.15, -0.1) is 0 Å². The third-order valence-corrected chi connectivity index (χ3v) is 3.13. The number of hydrogen-bond donors (Lipinski definition) is 3. The molecule has 1 saturated heterocycles. The number of aliphatic hydroxyl groups is 2. The fraction of sp³-hybridized carbons (Fsp3) is 0.667. The largest absolute Gasteiger partial charge is 0.394 e. The van der Waals surface area contributed by atoms with Crippen LogP contribution in [0.3, 0.4) is 0 Å². The second-order valence-electron chi connectivity index (χ2n) is 4.59. The summed E-state index contributed by atoms with van der Waals surface area (Å²) in [5, 5.41) is 19.5. The van der Waals surface area contributed by atoms with Crippen molar-refractivity contribution in [1.29, 1.82) is 0 Å². The van der Waals surface area contributed by atoms with Gasteiger partial charge in [0.2, 0.25) is 0 Å². The van der Waals surface area contributed by atoms with Gasteiger partial charge in [-0.1, -0.05) is 6.92 Å². The van der Waals surface area contributed by atoms with Crippen molar-refractivity contribution in [3.63, 3.8) is 0 Å². The molecule has 8 nitrogen and oxygen atoms in total. The second kappa shape index (κ2) is 6.31. The van der Waals surface area contributed by atoms with Crippen molar-refractivity contribution in [3.05, 3.63) is 33.1 Å². The van der Waals surface area contributed by atoms with Crippen LogP contribution in [0.25, 0.3) is 0 Å². The molecule has 0 bridgehead atoms. The quantitative estimate of drug-likeness (QED) is 0.612. The zero-order valence-corrected chi connectivity index (χ0v) is 11.1. The Hall–Kier alpha value is -1.48. The Morgan fingerprint density at radius 2 is 2.25 bits per heavy atom. The predicted molar refractivity (Wildman–Crippen MR) is 68.4 cm³/mol. The van der Waals surface area contributed by atoms with Crippen LogP contribution in [-0.4, -0.2) is 51.3 Å². The van der Waals surface area contributed by atoms with Gasteiger partial charge in [-0.25, -0.2) is 4.79 Å². The molecule has 20 heavy (non-hydrogen) atoms. The van der Waals surface area contributed by atoms with Crippen LogP contribution in [0.1, 0.15) is 19.6 Å². The van der Waals surface area contributed by atoms with Gasteiger partial charge in [0.25, 0.3) is 5.56 Å². The molecule has 0 spiro atoms. The molecule has 0 saturated carbocycles. The highest BCUT2D eigenvalue weighted by molar-refractivity contribution is 4.93. The lowest BCUT2D eigenvalue weighted by Crippen LogP contribution is -2.39. The average molecular weight is 286 g/mol. The van der Waals surface area contributed by atoms with Crippen molar-refractivity contribution < 1.29 is 19.7 Å². The maximum absolute atomic E-state index is 11.7. The first-order valence-electron chi connectivity index (χ1n) is 6.46. The molecule has 1 aliphatic heterocycles. The molecule has 0 amide bonds. The summed E-state index contributed by atoms with van der Waals surface area (Å²) in [6.07, 6.45) is -1.55. The predicted octanol–water partition coefficient (Wildman–Crippen LogP) is -1.42. The number of hydrogen-bond acceptors (Lipinski definition) is 6. The summed E-state index contributed by atoms with van der Waals surface area (Å²) < 4.78 is 12.0. The van der Waals surface area contributed by atoms with Gasteiger partial charge in [0.15, 0.2) is 6.23 Å². The maximum Gasteiger partial charge on any atom is 0.330 e. The fourth-order valence-electron chi connectivity index (χ4n) is 2.18. The van der Waals surface area contributed by atoms with E-state index in [9.17, 15) is 19.8 Å². The molecular weight excluding hydrogens is 268 g/mol. The molecule has 2 rings (SSSR count). The molecule has 1 aliphatic rings. The van der Waals surface area contributed by atoms with Crippen LogP contribution in [0.5, 0.6) is 0 Å². The highest BCUT2D eigenvalue weighted by atomic mass is 16.6. The lowest BCUT2D eigenvalue weighted by Gasteiger charge is -2.19. The van der Waals surface area contributed by atoms with Crippen molar-refractivity contribution in [3.8, 4) is 0 Å². The molecular formula is C12H18N2O6. The van der Waals surface area contributed by atoms with E-state index in [2.05, 4.69) is 4.98 Å². The minimum Gasteiger partial charge on any atom is -0.394 e. The molecule has 2 unspecified atom stereocenters. The van der Waals surface area contributed by atoms with Gasteiger partial charge >= 0.3 is 5.69 Å². The summed E-state index contributed by atoms with van der Waals surface area (Å²) in [4.78, 5) is 24.8. The third kappa shape index (κ3) is 2.83. The van der Waals surface area contributed by atoms with E-state index in [1.807, 2.05) is 6.92 Å². The van der Waals surface area contributed by atoms with Crippen LogP contribution in [0.4, 0.5) is 0 Å². The standard InChI is InChI=1S/C12H18N2O6/c1-2-5-19-10-7(6-15)20-11(9(10)17)14-4-3-8(16)13-12(14)18/h3-4,7,9-11,15,17H,2,5-6H2,1H3,(H,13,16,18)/t7-,9?,10?,11-/m0/s1. The summed E-state index contributed by atoms with van der Waals surface area (Å²) in [6, 6.07) is 1.16. The lowest BCUT2D eigenvalue weighted by molar-refractivity contribution is -0.0621. The van der Waals surface area contributed by atoms with Crippen LogP contribution in [0.15, 0.2) is 21.9 Å². The molecule has 2 heterocycles. The third-order valence-electron chi connectivity index (χ3n) is 3.13. The summed E-state index contributed by atoms with van der Waals surface area (Å²) in [7, 11) is 0. The first-order valence-corrected chi connectivity index (χ1v) is 6.46. The maximum atomic E-state index is 11.7. The summed E-state index contributed by atoms with van der Waals surface area (Å²) in [6.45, 7) is 1.99. The minimum atomic E-state index is -1.11. The van der Waals surface area contributed by atoms with Crippen molar-refractivity contribution in [1.82, 2.24) is 9.55 Å². The van der Waals surface area contributed by atoms with E-state index in [4.69, 9.17) is 9.47 Å². The Kier molecular flexibility index (Phi) is 4.71. The number of aliphatic hydroxyl groups excluding tert-OH is 2. The Bertz CT molecular complexity index is 553. The molecule has 0 aromatic carbocycles. The molecule has 1 aromatic rings. The smallest absolute Gasteiger partial charge is 0.330 e. The van der Waals surface area contributed by atoms with Crippen molar-refractivity contribution in [2.75, 3.05) is 13.2 Å². The number of ether oxygens (including phenoxy) is 2. The van der Waals surface area contributed by atoms with Crippen LogP contribution in [0, 0.1) is 0 Å². The van der Waals surface area contributed by atoms with E-state index in [0.29, 0.717) is 6.61 Å².